The van der Waals surface area contributed by atoms with Gasteiger partial charge < -0.3 is 15.2 Å². The number of fused-ring (bicyclic) bond motifs is 2. The summed E-state index contributed by atoms with van der Waals surface area (Å²) in [5, 5.41) is 14.8. The van der Waals surface area contributed by atoms with Gasteiger partial charge >= 0.3 is 0 Å². The molecule has 1 aromatic carbocycles. The minimum absolute atomic E-state index is 0.0578. The Morgan fingerprint density at radius 2 is 2.27 bits per heavy atom. The molecule has 0 radical (unpaired) electrons. The molecular weight excluding hydrogens is 278 g/mol. The third-order valence-corrected chi connectivity index (χ3v) is 4.45. The number of benzene rings is 1. The number of carbonyl (C=O) groups is 1. The van der Waals surface area contributed by atoms with Crippen LogP contribution in [0.3, 0.4) is 0 Å². The number of amides is 1. The molecule has 4 rings (SSSR count). The van der Waals surface area contributed by atoms with Crippen LogP contribution in [0.1, 0.15) is 47.0 Å². The molecule has 2 aromatic rings. The van der Waals surface area contributed by atoms with Gasteiger partial charge in [-0.3, -0.25) is 4.79 Å². The van der Waals surface area contributed by atoms with Crippen molar-refractivity contribution in [2.45, 2.75) is 38.8 Å². The SMILES string of the molecule is CC(NC(=O)c1ccc2c(c1)CCN2)c1nnc2n1CCC2. The fraction of sp³-hybridized carbons (Fsp3) is 0.438. The first-order valence-corrected chi connectivity index (χ1v) is 7.82. The van der Waals surface area contributed by atoms with Crippen LogP contribution in [0, 0.1) is 0 Å². The van der Waals surface area contributed by atoms with Gasteiger partial charge in [-0.2, -0.15) is 0 Å². The number of hydrogen-bond donors (Lipinski definition) is 2. The lowest BCUT2D eigenvalue weighted by atomic mass is 10.1. The van der Waals surface area contributed by atoms with E-state index in [-0.39, 0.29) is 11.9 Å². The van der Waals surface area contributed by atoms with Crippen molar-refractivity contribution in [3.63, 3.8) is 0 Å². The number of nitrogens with one attached hydrogen (secondary N) is 2. The van der Waals surface area contributed by atoms with Crippen molar-refractivity contribution < 1.29 is 4.79 Å². The van der Waals surface area contributed by atoms with E-state index >= 15 is 0 Å². The number of nitrogens with zero attached hydrogens (tertiary/aromatic N) is 3. The fourth-order valence-corrected chi connectivity index (χ4v) is 3.28. The maximum Gasteiger partial charge on any atom is 0.251 e. The monoisotopic (exact) mass is 297 g/mol. The van der Waals surface area contributed by atoms with Crippen molar-refractivity contribution in [2.75, 3.05) is 11.9 Å². The molecule has 0 spiro atoms. The molecule has 2 N–H and O–H groups in total. The summed E-state index contributed by atoms with van der Waals surface area (Å²) in [4.78, 5) is 12.5. The second-order valence-corrected chi connectivity index (χ2v) is 5.97. The quantitative estimate of drug-likeness (QED) is 0.904. The summed E-state index contributed by atoms with van der Waals surface area (Å²) >= 11 is 0. The number of anilines is 1. The van der Waals surface area contributed by atoms with Crippen LogP contribution in [-0.4, -0.2) is 27.2 Å². The summed E-state index contributed by atoms with van der Waals surface area (Å²) in [6.45, 7) is 3.85. The van der Waals surface area contributed by atoms with Crippen LogP contribution in [-0.2, 0) is 19.4 Å². The summed E-state index contributed by atoms with van der Waals surface area (Å²) in [5.74, 6) is 1.82. The first kappa shape index (κ1) is 13.3. The molecule has 3 heterocycles. The smallest absolute Gasteiger partial charge is 0.251 e. The van der Waals surface area contributed by atoms with Crippen molar-refractivity contribution in [1.29, 1.82) is 0 Å². The highest BCUT2D eigenvalue weighted by Gasteiger charge is 2.23. The second-order valence-electron chi connectivity index (χ2n) is 5.97. The Bertz CT molecular complexity index is 736. The molecule has 0 aliphatic carbocycles. The molecule has 0 saturated heterocycles. The van der Waals surface area contributed by atoms with E-state index in [1.807, 2.05) is 25.1 Å². The van der Waals surface area contributed by atoms with Gasteiger partial charge in [-0.1, -0.05) is 0 Å². The van der Waals surface area contributed by atoms with Crippen molar-refractivity contribution >= 4 is 11.6 Å². The molecule has 22 heavy (non-hydrogen) atoms. The Morgan fingerprint density at radius 3 is 3.18 bits per heavy atom. The highest BCUT2D eigenvalue weighted by Crippen LogP contribution is 2.24. The van der Waals surface area contributed by atoms with Gasteiger partial charge in [0.15, 0.2) is 5.82 Å². The van der Waals surface area contributed by atoms with Gasteiger partial charge in [0.1, 0.15) is 5.82 Å². The highest BCUT2D eigenvalue weighted by atomic mass is 16.1. The number of aromatic nitrogens is 3. The average Bonchev–Trinajstić information content (AvgIpc) is 3.22. The lowest BCUT2D eigenvalue weighted by Crippen LogP contribution is -2.28. The van der Waals surface area contributed by atoms with Crippen molar-refractivity contribution in [2.24, 2.45) is 0 Å². The first-order valence-electron chi connectivity index (χ1n) is 7.82. The van der Waals surface area contributed by atoms with E-state index in [9.17, 15) is 4.79 Å². The van der Waals surface area contributed by atoms with E-state index in [0.29, 0.717) is 5.56 Å². The largest absolute Gasteiger partial charge is 0.384 e. The van der Waals surface area contributed by atoms with Gasteiger partial charge in [0.2, 0.25) is 0 Å². The highest BCUT2D eigenvalue weighted by molar-refractivity contribution is 5.95. The van der Waals surface area contributed by atoms with E-state index in [2.05, 4.69) is 25.4 Å². The van der Waals surface area contributed by atoms with Gasteiger partial charge in [-0.15, -0.1) is 10.2 Å². The Hall–Kier alpha value is -2.37. The molecule has 1 atom stereocenters. The zero-order valence-electron chi connectivity index (χ0n) is 12.6. The molecule has 1 amide bonds. The van der Waals surface area contributed by atoms with Gasteiger partial charge in [0.05, 0.1) is 6.04 Å². The van der Waals surface area contributed by atoms with Crippen LogP contribution in [0.2, 0.25) is 0 Å². The topological polar surface area (TPSA) is 71.8 Å². The minimum atomic E-state index is -0.141. The van der Waals surface area contributed by atoms with E-state index in [0.717, 1.165) is 49.7 Å². The van der Waals surface area contributed by atoms with Crippen molar-refractivity contribution in [3.8, 4) is 0 Å². The lowest BCUT2D eigenvalue weighted by molar-refractivity contribution is 0.0937. The summed E-state index contributed by atoms with van der Waals surface area (Å²) < 4.78 is 2.12. The van der Waals surface area contributed by atoms with Crippen LogP contribution in [0.25, 0.3) is 0 Å². The number of hydrogen-bond acceptors (Lipinski definition) is 4. The molecule has 6 heteroatoms. The Morgan fingerprint density at radius 1 is 1.36 bits per heavy atom. The standard InChI is InChI=1S/C16H19N5O/c1-10(15-20-19-14-3-2-8-21(14)15)18-16(22)12-4-5-13-11(9-12)6-7-17-13/h4-5,9-10,17H,2-3,6-8H2,1H3,(H,18,22). The molecule has 0 bridgehead atoms. The Kier molecular flexibility index (Phi) is 3.10. The lowest BCUT2D eigenvalue weighted by Gasteiger charge is -2.14. The molecule has 2 aliphatic rings. The summed E-state index contributed by atoms with van der Waals surface area (Å²) in [5.41, 5.74) is 3.05. The second kappa shape index (κ2) is 5.12. The summed E-state index contributed by atoms with van der Waals surface area (Å²) in [6.07, 6.45) is 3.06. The molecular formula is C16H19N5O. The molecule has 0 fully saturated rings. The number of rotatable bonds is 3. The molecule has 2 aliphatic heterocycles. The summed E-state index contributed by atoms with van der Waals surface area (Å²) in [7, 11) is 0. The minimum Gasteiger partial charge on any atom is -0.384 e. The molecule has 114 valence electrons. The van der Waals surface area contributed by atoms with Crippen LogP contribution in [0.4, 0.5) is 5.69 Å². The zero-order valence-corrected chi connectivity index (χ0v) is 12.6. The predicted molar refractivity (Wildman–Crippen MR) is 82.9 cm³/mol. The molecule has 0 saturated carbocycles. The zero-order chi connectivity index (χ0) is 15.1. The first-order chi connectivity index (χ1) is 10.7. The van der Waals surface area contributed by atoms with E-state index in [1.54, 1.807) is 0 Å². The van der Waals surface area contributed by atoms with Crippen LogP contribution in [0.5, 0.6) is 0 Å². The Balaban J connectivity index is 1.51. The normalized spacial score (nSPS) is 16.8. The number of carbonyl (C=O) groups excluding carboxylic acids is 1. The fourth-order valence-electron chi connectivity index (χ4n) is 3.28. The van der Waals surface area contributed by atoms with Crippen LogP contribution >= 0.6 is 0 Å². The third-order valence-electron chi connectivity index (χ3n) is 4.45. The van der Waals surface area contributed by atoms with Gasteiger partial charge in [0.25, 0.3) is 5.91 Å². The predicted octanol–water partition coefficient (Wildman–Crippen LogP) is 1.68. The molecule has 1 unspecified atom stereocenters. The van der Waals surface area contributed by atoms with Crippen molar-refractivity contribution in [1.82, 2.24) is 20.1 Å². The van der Waals surface area contributed by atoms with E-state index < -0.39 is 0 Å². The van der Waals surface area contributed by atoms with Gasteiger partial charge in [-0.05, 0) is 43.5 Å². The Labute approximate surface area is 128 Å². The maximum absolute atomic E-state index is 12.5. The van der Waals surface area contributed by atoms with E-state index in [4.69, 9.17) is 0 Å². The van der Waals surface area contributed by atoms with Crippen LogP contribution in [0.15, 0.2) is 18.2 Å². The van der Waals surface area contributed by atoms with Gasteiger partial charge in [0, 0.05) is 30.8 Å². The maximum atomic E-state index is 12.5. The molecule has 1 aromatic heterocycles. The van der Waals surface area contributed by atoms with E-state index in [1.165, 1.54) is 5.56 Å². The third kappa shape index (κ3) is 2.15. The average molecular weight is 297 g/mol. The van der Waals surface area contributed by atoms with Crippen LogP contribution < -0.4 is 10.6 Å². The van der Waals surface area contributed by atoms with Crippen molar-refractivity contribution in [3.05, 3.63) is 41.0 Å². The number of aryl methyl sites for hydroxylation is 1. The van der Waals surface area contributed by atoms with Gasteiger partial charge in [-0.25, -0.2) is 0 Å². The summed E-state index contributed by atoms with van der Waals surface area (Å²) in [6, 6.07) is 5.69. The molecule has 6 nitrogen and oxygen atoms in total.